The minimum Gasteiger partial charge on any atom is -0.512 e. The summed E-state index contributed by atoms with van der Waals surface area (Å²) < 4.78 is 0. The van der Waals surface area contributed by atoms with Crippen LogP contribution in [0.15, 0.2) is 11.3 Å². The molecular formula is C12H18O. The first kappa shape index (κ1) is 7.90. The standard InChI is InChI=1S/C12H18O/c1-12(2)5-9-7-3-8(10(9)6-12)11(13)4-7/h7,9-10,13H,3-6H2,1-2H3. The number of hydrogen-bond acceptors (Lipinski definition) is 1. The molecule has 1 heteroatoms. The maximum atomic E-state index is 9.72. The number of allylic oxidation sites excluding steroid dienone is 2. The Morgan fingerprint density at radius 1 is 1.23 bits per heavy atom. The first-order valence-electron chi connectivity index (χ1n) is 5.48. The highest BCUT2D eigenvalue weighted by Gasteiger charge is 2.52. The van der Waals surface area contributed by atoms with Gasteiger partial charge in [-0.2, -0.15) is 0 Å². The second-order valence-electron chi connectivity index (χ2n) is 5.98. The molecule has 13 heavy (non-hydrogen) atoms. The van der Waals surface area contributed by atoms with Crippen LogP contribution in [0.3, 0.4) is 0 Å². The second-order valence-corrected chi connectivity index (χ2v) is 5.98. The summed E-state index contributed by atoms with van der Waals surface area (Å²) >= 11 is 0. The largest absolute Gasteiger partial charge is 0.512 e. The molecule has 1 N–H and O–H groups in total. The molecule has 0 saturated heterocycles. The van der Waals surface area contributed by atoms with Gasteiger partial charge in [0, 0.05) is 6.42 Å². The van der Waals surface area contributed by atoms with E-state index < -0.39 is 0 Å². The Morgan fingerprint density at radius 3 is 2.77 bits per heavy atom. The molecule has 2 fully saturated rings. The summed E-state index contributed by atoms with van der Waals surface area (Å²) in [6.07, 6.45) is 4.91. The third-order valence-corrected chi connectivity index (χ3v) is 4.44. The highest BCUT2D eigenvalue weighted by molar-refractivity contribution is 5.28. The van der Waals surface area contributed by atoms with E-state index in [9.17, 15) is 5.11 Å². The zero-order chi connectivity index (χ0) is 9.22. The van der Waals surface area contributed by atoms with Gasteiger partial charge < -0.3 is 5.11 Å². The quantitative estimate of drug-likeness (QED) is 0.603. The molecule has 72 valence electrons. The lowest BCUT2D eigenvalue weighted by Crippen LogP contribution is -2.14. The van der Waals surface area contributed by atoms with E-state index in [1.54, 1.807) is 0 Å². The fraction of sp³-hybridized carbons (Fsp3) is 0.833. The molecule has 3 atom stereocenters. The van der Waals surface area contributed by atoms with Crippen LogP contribution in [0.1, 0.15) is 39.5 Å². The maximum absolute atomic E-state index is 9.72. The summed E-state index contributed by atoms with van der Waals surface area (Å²) in [6, 6.07) is 0. The number of hydrogen-bond donors (Lipinski definition) is 1. The van der Waals surface area contributed by atoms with Crippen molar-refractivity contribution < 1.29 is 5.11 Å². The Hall–Kier alpha value is -0.460. The van der Waals surface area contributed by atoms with Crippen LogP contribution in [0.25, 0.3) is 0 Å². The molecule has 3 rings (SSSR count). The molecule has 2 bridgehead atoms. The van der Waals surface area contributed by atoms with Gasteiger partial charge >= 0.3 is 0 Å². The number of aliphatic hydroxyl groups excluding tert-OH is 1. The molecule has 3 aliphatic rings. The Balaban J connectivity index is 1.96. The average molecular weight is 178 g/mol. The van der Waals surface area contributed by atoms with Crippen molar-refractivity contribution in [2.24, 2.45) is 23.2 Å². The molecule has 0 aliphatic heterocycles. The monoisotopic (exact) mass is 178 g/mol. The minimum absolute atomic E-state index is 0.532. The molecule has 3 unspecified atom stereocenters. The molecule has 0 aromatic heterocycles. The van der Waals surface area contributed by atoms with Crippen molar-refractivity contribution in [3.8, 4) is 0 Å². The van der Waals surface area contributed by atoms with Crippen LogP contribution < -0.4 is 0 Å². The van der Waals surface area contributed by atoms with Crippen LogP contribution >= 0.6 is 0 Å². The van der Waals surface area contributed by atoms with Crippen LogP contribution in [-0.4, -0.2) is 5.11 Å². The molecule has 0 radical (unpaired) electrons. The highest BCUT2D eigenvalue weighted by Crippen LogP contribution is 2.62. The van der Waals surface area contributed by atoms with Crippen LogP contribution in [0, 0.1) is 23.2 Å². The SMILES string of the molecule is CC1(C)CC2C3=C(O)CC(C3)C2C1. The van der Waals surface area contributed by atoms with Gasteiger partial charge in [-0.25, -0.2) is 0 Å². The Labute approximate surface area is 79.8 Å². The van der Waals surface area contributed by atoms with Gasteiger partial charge in [0.1, 0.15) is 0 Å². The Bertz CT molecular complexity index is 287. The van der Waals surface area contributed by atoms with E-state index in [1.165, 1.54) is 24.8 Å². The van der Waals surface area contributed by atoms with Crippen molar-refractivity contribution in [1.29, 1.82) is 0 Å². The zero-order valence-corrected chi connectivity index (χ0v) is 8.51. The number of rotatable bonds is 0. The average Bonchev–Trinajstić information content (AvgIpc) is 2.56. The van der Waals surface area contributed by atoms with Crippen molar-refractivity contribution in [1.82, 2.24) is 0 Å². The lowest BCUT2D eigenvalue weighted by Gasteiger charge is -2.21. The van der Waals surface area contributed by atoms with Gasteiger partial charge in [-0.1, -0.05) is 13.8 Å². The lowest BCUT2D eigenvalue weighted by molar-refractivity contribution is 0.272. The van der Waals surface area contributed by atoms with Gasteiger partial charge in [0.05, 0.1) is 5.76 Å². The van der Waals surface area contributed by atoms with Crippen molar-refractivity contribution >= 4 is 0 Å². The van der Waals surface area contributed by atoms with Crippen LogP contribution in [0.2, 0.25) is 0 Å². The van der Waals surface area contributed by atoms with Crippen LogP contribution in [-0.2, 0) is 0 Å². The van der Waals surface area contributed by atoms with E-state index >= 15 is 0 Å². The van der Waals surface area contributed by atoms with Gasteiger partial charge in [-0.3, -0.25) is 0 Å². The summed E-state index contributed by atoms with van der Waals surface area (Å²) in [4.78, 5) is 0. The molecule has 0 heterocycles. The summed E-state index contributed by atoms with van der Waals surface area (Å²) in [6.45, 7) is 4.75. The summed E-state index contributed by atoms with van der Waals surface area (Å²) in [5, 5.41) is 9.72. The molecular weight excluding hydrogens is 160 g/mol. The fourth-order valence-corrected chi connectivity index (χ4v) is 4.01. The van der Waals surface area contributed by atoms with Gasteiger partial charge in [-0.05, 0) is 48.0 Å². The van der Waals surface area contributed by atoms with E-state index in [2.05, 4.69) is 13.8 Å². The summed E-state index contributed by atoms with van der Waals surface area (Å²) in [5.41, 5.74) is 1.96. The summed E-state index contributed by atoms with van der Waals surface area (Å²) in [7, 11) is 0. The lowest BCUT2D eigenvalue weighted by atomic mass is 9.85. The predicted octanol–water partition coefficient (Wildman–Crippen LogP) is 3.27. The minimum atomic E-state index is 0.532. The fourth-order valence-electron chi connectivity index (χ4n) is 4.01. The van der Waals surface area contributed by atoms with Gasteiger partial charge in [-0.15, -0.1) is 0 Å². The van der Waals surface area contributed by atoms with Gasteiger partial charge in [0.25, 0.3) is 0 Å². The first-order chi connectivity index (χ1) is 6.07. The van der Waals surface area contributed by atoms with Crippen LogP contribution in [0.5, 0.6) is 0 Å². The smallest absolute Gasteiger partial charge is 0.0920 e. The van der Waals surface area contributed by atoms with E-state index in [0.717, 1.165) is 29.9 Å². The van der Waals surface area contributed by atoms with E-state index in [4.69, 9.17) is 0 Å². The molecule has 0 amide bonds. The molecule has 0 spiro atoms. The van der Waals surface area contributed by atoms with Crippen molar-refractivity contribution in [3.63, 3.8) is 0 Å². The van der Waals surface area contributed by atoms with E-state index in [0.29, 0.717) is 5.41 Å². The molecule has 0 aromatic carbocycles. The summed E-state index contributed by atoms with van der Waals surface area (Å²) in [5.74, 6) is 3.24. The Kier molecular flexibility index (Phi) is 1.29. The van der Waals surface area contributed by atoms with E-state index in [-0.39, 0.29) is 0 Å². The van der Waals surface area contributed by atoms with Crippen molar-refractivity contribution in [2.45, 2.75) is 39.5 Å². The molecule has 3 aliphatic carbocycles. The van der Waals surface area contributed by atoms with E-state index in [1.807, 2.05) is 0 Å². The molecule has 2 saturated carbocycles. The number of aliphatic hydroxyl groups is 1. The number of fused-ring (bicyclic) bond motifs is 5. The van der Waals surface area contributed by atoms with Gasteiger partial charge in [0.2, 0.25) is 0 Å². The normalized spacial score (nSPS) is 45.8. The molecule has 1 nitrogen and oxygen atoms in total. The zero-order valence-electron chi connectivity index (χ0n) is 8.51. The van der Waals surface area contributed by atoms with Crippen LogP contribution in [0.4, 0.5) is 0 Å². The predicted molar refractivity (Wildman–Crippen MR) is 52.4 cm³/mol. The maximum Gasteiger partial charge on any atom is 0.0920 e. The Morgan fingerprint density at radius 2 is 2.00 bits per heavy atom. The second kappa shape index (κ2) is 2.13. The first-order valence-corrected chi connectivity index (χ1v) is 5.48. The highest BCUT2D eigenvalue weighted by atomic mass is 16.3. The third-order valence-electron chi connectivity index (χ3n) is 4.44. The van der Waals surface area contributed by atoms with Crippen molar-refractivity contribution in [2.75, 3.05) is 0 Å². The van der Waals surface area contributed by atoms with Crippen molar-refractivity contribution in [3.05, 3.63) is 11.3 Å². The molecule has 0 aromatic rings. The topological polar surface area (TPSA) is 20.2 Å². The van der Waals surface area contributed by atoms with Gasteiger partial charge in [0.15, 0.2) is 0 Å². The third kappa shape index (κ3) is 0.934.